The van der Waals surface area contributed by atoms with Gasteiger partial charge in [0.2, 0.25) is 0 Å². The van der Waals surface area contributed by atoms with Crippen molar-refractivity contribution in [1.82, 2.24) is 0 Å². The zero-order valence-corrected chi connectivity index (χ0v) is 21.5. The molecule has 4 unspecified atom stereocenters. The Bertz CT molecular complexity index is 830. The fourth-order valence-corrected chi connectivity index (χ4v) is 11.4. The van der Waals surface area contributed by atoms with Crippen LogP contribution in [0.2, 0.25) is 23.7 Å². The van der Waals surface area contributed by atoms with Crippen LogP contribution in [0.5, 0.6) is 0 Å². The third kappa shape index (κ3) is 5.17. The molecular formula is C29H42OSi. The molecule has 0 N–H and O–H groups in total. The second-order valence-electron chi connectivity index (χ2n) is 9.66. The average molecular weight is 435 g/mol. The van der Waals surface area contributed by atoms with Gasteiger partial charge in [0.05, 0.1) is 15.2 Å². The van der Waals surface area contributed by atoms with Crippen molar-refractivity contribution in [2.24, 2.45) is 11.8 Å². The van der Waals surface area contributed by atoms with Crippen molar-refractivity contribution in [3.05, 3.63) is 83.2 Å². The van der Waals surface area contributed by atoms with Crippen LogP contribution in [0.15, 0.2) is 72.1 Å². The SMILES string of the molecule is CC[Si](CC)(CC)C(C1C=CC(OC)=CC1)C(c1ccc(C)cc1)C1C=CC(C)=CC1. The maximum atomic E-state index is 5.54. The van der Waals surface area contributed by atoms with Gasteiger partial charge >= 0.3 is 0 Å². The molecule has 1 aromatic carbocycles. The molecule has 0 bridgehead atoms. The van der Waals surface area contributed by atoms with E-state index in [4.69, 9.17) is 4.74 Å². The van der Waals surface area contributed by atoms with Crippen LogP contribution in [0.3, 0.4) is 0 Å². The molecule has 2 aliphatic rings. The lowest BCUT2D eigenvalue weighted by atomic mass is 9.74. The second kappa shape index (κ2) is 10.7. The van der Waals surface area contributed by atoms with Crippen LogP contribution in [0.4, 0.5) is 0 Å². The van der Waals surface area contributed by atoms with Gasteiger partial charge in [-0.2, -0.15) is 0 Å². The minimum atomic E-state index is -1.50. The second-order valence-corrected chi connectivity index (χ2v) is 15.2. The molecule has 0 spiro atoms. The summed E-state index contributed by atoms with van der Waals surface area (Å²) < 4.78 is 5.54. The smallest absolute Gasteiger partial charge is 0.114 e. The molecule has 0 amide bonds. The molecule has 1 nitrogen and oxygen atoms in total. The zero-order chi connectivity index (χ0) is 22.4. The van der Waals surface area contributed by atoms with E-state index in [9.17, 15) is 0 Å². The summed E-state index contributed by atoms with van der Waals surface area (Å²) >= 11 is 0. The lowest BCUT2D eigenvalue weighted by molar-refractivity contribution is 0.298. The summed E-state index contributed by atoms with van der Waals surface area (Å²) in [6.07, 6.45) is 16.6. The fraction of sp³-hybridized carbons (Fsp3) is 0.517. The Kier molecular flexibility index (Phi) is 8.22. The molecule has 0 radical (unpaired) electrons. The van der Waals surface area contributed by atoms with Gasteiger partial charge in [0.1, 0.15) is 5.76 Å². The molecule has 4 atom stereocenters. The maximum absolute atomic E-state index is 5.54. The summed E-state index contributed by atoms with van der Waals surface area (Å²) in [6.45, 7) is 11.9. The number of hydrogen-bond donors (Lipinski definition) is 0. The predicted octanol–water partition coefficient (Wildman–Crippen LogP) is 8.59. The molecule has 0 fully saturated rings. The molecule has 2 heteroatoms. The van der Waals surface area contributed by atoms with E-state index in [1.54, 1.807) is 12.7 Å². The van der Waals surface area contributed by atoms with Gasteiger partial charge in [0, 0.05) is 0 Å². The van der Waals surface area contributed by atoms with Crippen LogP contribution in [0.25, 0.3) is 0 Å². The van der Waals surface area contributed by atoms with Crippen molar-refractivity contribution in [2.45, 2.75) is 77.1 Å². The van der Waals surface area contributed by atoms with Crippen LogP contribution >= 0.6 is 0 Å². The predicted molar refractivity (Wildman–Crippen MR) is 138 cm³/mol. The van der Waals surface area contributed by atoms with Crippen molar-refractivity contribution >= 4 is 8.07 Å². The molecular weight excluding hydrogens is 392 g/mol. The lowest BCUT2D eigenvalue weighted by Crippen LogP contribution is -2.45. The average Bonchev–Trinajstić information content (AvgIpc) is 2.82. The Balaban J connectivity index is 2.12. The lowest BCUT2D eigenvalue weighted by Gasteiger charge is -2.48. The first-order chi connectivity index (χ1) is 15.0. The maximum Gasteiger partial charge on any atom is 0.114 e. The van der Waals surface area contributed by atoms with Gasteiger partial charge in [0.15, 0.2) is 0 Å². The third-order valence-corrected chi connectivity index (χ3v) is 14.7. The molecule has 0 aliphatic heterocycles. The number of methoxy groups -OCH3 is 1. The van der Waals surface area contributed by atoms with E-state index in [-0.39, 0.29) is 0 Å². The van der Waals surface area contributed by atoms with Gasteiger partial charge in [-0.15, -0.1) is 0 Å². The topological polar surface area (TPSA) is 9.23 Å². The molecule has 0 heterocycles. The van der Waals surface area contributed by atoms with E-state index >= 15 is 0 Å². The van der Waals surface area contributed by atoms with E-state index in [1.165, 1.54) is 29.3 Å². The number of hydrogen-bond acceptors (Lipinski definition) is 1. The number of ether oxygens (including phenoxy) is 1. The van der Waals surface area contributed by atoms with Crippen LogP contribution in [-0.2, 0) is 4.74 Å². The minimum Gasteiger partial charge on any atom is -0.497 e. The highest BCUT2D eigenvalue weighted by Gasteiger charge is 2.46. The van der Waals surface area contributed by atoms with Gasteiger partial charge in [-0.05, 0) is 67.7 Å². The largest absolute Gasteiger partial charge is 0.497 e. The standard InChI is InChI=1S/C29H42OSi/c1-7-31(8-2,9-3)29(26-18-20-27(30-6)21-19-26)28(24-14-10-22(4)11-15-24)25-16-12-23(5)13-17-25/h10-16,18,20-21,25-26,28-29H,7-9,17,19H2,1-6H3. The van der Waals surface area contributed by atoms with Crippen molar-refractivity contribution in [3.8, 4) is 0 Å². The first-order valence-electron chi connectivity index (χ1n) is 12.3. The minimum absolute atomic E-state index is 0.569. The molecule has 3 rings (SSSR count). The highest BCUT2D eigenvalue weighted by atomic mass is 28.3. The molecule has 31 heavy (non-hydrogen) atoms. The summed E-state index contributed by atoms with van der Waals surface area (Å²) in [5.74, 6) is 2.76. The molecule has 2 aliphatic carbocycles. The Morgan fingerprint density at radius 1 is 0.871 bits per heavy atom. The molecule has 1 aromatic rings. The van der Waals surface area contributed by atoms with Crippen LogP contribution in [-0.4, -0.2) is 15.2 Å². The highest BCUT2D eigenvalue weighted by Crippen LogP contribution is 2.54. The van der Waals surface area contributed by atoms with E-state index in [0.717, 1.165) is 24.1 Å². The number of rotatable bonds is 9. The summed E-state index contributed by atoms with van der Waals surface area (Å²) in [6, 6.07) is 13.6. The van der Waals surface area contributed by atoms with Crippen molar-refractivity contribution in [3.63, 3.8) is 0 Å². The van der Waals surface area contributed by atoms with Crippen molar-refractivity contribution in [1.29, 1.82) is 0 Å². The zero-order valence-electron chi connectivity index (χ0n) is 20.5. The monoisotopic (exact) mass is 434 g/mol. The number of benzene rings is 1. The summed E-state index contributed by atoms with van der Waals surface area (Å²) in [7, 11) is 0.283. The Hall–Kier alpha value is -1.80. The van der Waals surface area contributed by atoms with Gasteiger partial charge < -0.3 is 4.74 Å². The molecule has 0 saturated carbocycles. The third-order valence-electron chi connectivity index (χ3n) is 8.24. The van der Waals surface area contributed by atoms with E-state index < -0.39 is 8.07 Å². The number of aryl methyl sites for hydroxylation is 1. The summed E-state index contributed by atoms with van der Waals surface area (Å²) in [4.78, 5) is 0. The molecule has 0 saturated heterocycles. The Morgan fingerprint density at radius 2 is 1.48 bits per heavy atom. The first kappa shape index (κ1) is 23.9. The van der Waals surface area contributed by atoms with Crippen molar-refractivity contribution < 1.29 is 4.74 Å². The fourth-order valence-electron chi connectivity index (χ4n) is 6.11. The highest BCUT2D eigenvalue weighted by molar-refractivity contribution is 6.81. The summed E-state index contributed by atoms with van der Waals surface area (Å²) in [5.41, 5.74) is 5.03. The Morgan fingerprint density at radius 3 is 1.97 bits per heavy atom. The number of allylic oxidation sites excluding steroid dienone is 7. The van der Waals surface area contributed by atoms with E-state index in [0.29, 0.717) is 17.8 Å². The first-order valence-corrected chi connectivity index (χ1v) is 15.0. The van der Waals surface area contributed by atoms with Gasteiger partial charge in [0.25, 0.3) is 0 Å². The van der Waals surface area contributed by atoms with Crippen LogP contribution in [0, 0.1) is 18.8 Å². The molecule has 168 valence electrons. The molecule has 0 aromatic heterocycles. The van der Waals surface area contributed by atoms with Gasteiger partial charge in [-0.1, -0.05) is 98.6 Å². The van der Waals surface area contributed by atoms with E-state index in [2.05, 4.69) is 95.3 Å². The summed E-state index contributed by atoms with van der Waals surface area (Å²) in [5, 5.41) is 0. The van der Waals surface area contributed by atoms with Gasteiger partial charge in [-0.25, -0.2) is 0 Å². The normalized spacial score (nSPS) is 23.2. The Labute approximate surface area is 192 Å². The van der Waals surface area contributed by atoms with Crippen LogP contribution < -0.4 is 0 Å². The van der Waals surface area contributed by atoms with E-state index in [1.807, 2.05) is 0 Å². The van der Waals surface area contributed by atoms with Crippen LogP contribution in [0.1, 0.15) is 57.6 Å². The van der Waals surface area contributed by atoms with Crippen molar-refractivity contribution in [2.75, 3.05) is 7.11 Å². The quantitative estimate of drug-likeness (QED) is 0.354. The van der Waals surface area contributed by atoms with Gasteiger partial charge in [-0.3, -0.25) is 0 Å².